The Hall–Kier alpha value is -2.38. The summed E-state index contributed by atoms with van der Waals surface area (Å²) in [5, 5.41) is 8.76. The fraction of sp³-hybridized carbons (Fsp3) is 0.389. The molecule has 7 nitrogen and oxygen atoms in total. The minimum atomic E-state index is -0.0387. The summed E-state index contributed by atoms with van der Waals surface area (Å²) in [4.78, 5) is 16.5. The smallest absolute Gasteiger partial charge is 0.255 e. The van der Waals surface area contributed by atoms with Gasteiger partial charge in [-0.3, -0.25) is 4.79 Å². The summed E-state index contributed by atoms with van der Waals surface area (Å²) in [7, 11) is 1.62. The van der Waals surface area contributed by atoms with Crippen LogP contribution in [-0.2, 0) is 4.74 Å². The molecule has 2 aromatic rings. The molecule has 0 N–H and O–H groups in total. The number of piperazine rings is 1. The topological polar surface area (TPSA) is 67.8 Å². The van der Waals surface area contributed by atoms with Crippen LogP contribution in [0.15, 0.2) is 36.4 Å². The third kappa shape index (κ3) is 4.42. The molecular weight excluding hydrogens is 356 g/mol. The predicted molar refractivity (Wildman–Crippen MR) is 99.0 cm³/mol. The van der Waals surface area contributed by atoms with Crippen LogP contribution in [0.1, 0.15) is 10.4 Å². The van der Waals surface area contributed by atoms with E-state index in [-0.39, 0.29) is 5.91 Å². The molecule has 138 valence electrons. The molecule has 26 heavy (non-hydrogen) atoms. The Morgan fingerprint density at radius 1 is 1.08 bits per heavy atom. The molecule has 1 aromatic carbocycles. The van der Waals surface area contributed by atoms with Crippen LogP contribution in [0.4, 0.5) is 5.82 Å². The van der Waals surface area contributed by atoms with Crippen LogP contribution in [0.25, 0.3) is 0 Å². The third-order valence-corrected chi connectivity index (χ3v) is 4.49. The number of rotatable bonds is 6. The minimum Gasteiger partial charge on any atom is -0.474 e. The Bertz CT molecular complexity index is 733. The molecule has 1 saturated heterocycles. The number of aromatic nitrogens is 2. The molecule has 1 aliphatic rings. The highest BCUT2D eigenvalue weighted by Crippen LogP contribution is 2.20. The predicted octanol–water partition coefficient (Wildman–Crippen LogP) is 2.12. The monoisotopic (exact) mass is 376 g/mol. The van der Waals surface area contributed by atoms with Crippen LogP contribution >= 0.6 is 11.6 Å². The Labute approximate surface area is 157 Å². The van der Waals surface area contributed by atoms with Gasteiger partial charge in [-0.15, -0.1) is 10.2 Å². The van der Waals surface area contributed by atoms with Gasteiger partial charge >= 0.3 is 0 Å². The fourth-order valence-electron chi connectivity index (χ4n) is 2.73. The summed E-state index contributed by atoms with van der Waals surface area (Å²) >= 11 is 6.13. The zero-order chi connectivity index (χ0) is 18.4. The van der Waals surface area contributed by atoms with E-state index in [1.165, 1.54) is 0 Å². The SMILES string of the molecule is COCCOc1ccc(N2CCN(C(=O)c3ccccc3Cl)CC2)nn1. The van der Waals surface area contributed by atoms with Crippen molar-refractivity contribution in [1.82, 2.24) is 15.1 Å². The van der Waals surface area contributed by atoms with Crippen molar-refractivity contribution >= 4 is 23.3 Å². The fourth-order valence-corrected chi connectivity index (χ4v) is 2.95. The first-order chi connectivity index (χ1) is 12.7. The molecule has 8 heteroatoms. The Kier molecular flexibility index (Phi) is 6.25. The summed E-state index contributed by atoms with van der Waals surface area (Å²) < 4.78 is 10.3. The molecule has 1 fully saturated rings. The highest BCUT2D eigenvalue weighted by molar-refractivity contribution is 6.33. The standard InChI is InChI=1S/C18H21ClN4O3/c1-25-12-13-26-17-7-6-16(20-21-17)22-8-10-23(11-9-22)18(24)14-4-2-3-5-15(14)19/h2-7H,8-13H2,1H3. The summed E-state index contributed by atoms with van der Waals surface area (Å²) in [5.74, 6) is 1.20. The lowest BCUT2D eigenvalue weighted by molar-refractivity contribution is 0.0746. The van der Waals surface area contributed by atoms with Crippen molar-refractivity contribution in [2.24, 2.45) is 0 Å². The van der Waals surface area contributed by atoms with E-state index in [0.717, 1.165) is 5.82 Å². The van der Waals surface area contributed by atoms with Gasteiger partial charge < -0.3 is 19.3 Å². The van der Waals surface area contributed by atoms with Crippen molar-refractivity contribution in [3.63, 3.8) is 0 Å². The maximum Gasteiger partial charge on any atom is 0.255 e. The number of anilines is 1. The summed E-state index contributed by atoms with van der Waals surface area (Å²) in [6.45, 7) is 3.54. The van der Waals surface area contributed by atoms with E-state index in [1.54, 1.807) is 25.3 Å². The van der Waals surface area contributed by atoms with Crippen LogP contribution in [0.2, 0.25) is 5.02 Å². The van der Waals surface area contributed by atoms with Crippen molar-refractivity contribution in [2.75, 3.05) is 51.4 Å². The van der Waals surface area contributed by atoms with E-state index < -0.39 is 0 Å². The molecule has 0 bridgehead atoms. The van der Waals surface area contributed by atoms with Crippen LogP contribution < -0.4 is 9.64 Å². The highest BCUT2D eigenvalue weighted by atomic mass is 35.5. The summed E-state index contributed by atoms with van der Waals surface area (Å²) in [5.41, 5.74) is 0.542. The van der Waals surface area contributed by atoms with Crippen LogP contribution in [0.5, 0.6) is 5.88 Å². The second kappa shape index (κ2) is 8.82. The van der Waals surface area contributed by atoms with Gasteiger partial charge in [-0.2, -0.15) is 0 Å². The average Bonchev–Trinajstić information content (AvgIpc) is 2.69. The van der Waals surface area contributed by atoms with Crippen molar-refractivity contribution in [3.05, 3.63) is 47.0 Å². The molecular formula is C18H21ClN4O3. The van der Waals surface area contributed by atoms with E-state index in [4.69, 9.17) is 21.1 Å². The number of amides is 1. The molecule has 0 unspecified atom stereocenters. The Balaban J connectivity index is 1.55. The number of halogens is 1. The van der Waals surface area contributed by atoms with Gasteiger partial charge in [0, 0.05) is 39.4 Å². The molecule has 0 spiro atoms. The van der Waals surface area contributed by atoms with E-state index in [2.05, 4.69) is 15.1 Å². The number of carbonyl (C=O) groups excluding carboxylic acids is 1. The maximum absolute atomic E-state index is 12.6. The van der Waals surface area contributed by atoms with E-state index in [0.29, 0.717) is 55.9 Å². The first kappa shape index (κ1) is 18.4. The highest BCUT2D eigenvalue weighted by Gasteiger charge is 2.24. The average molecular weight is 377 g/mol. The van der Waals surface area contributed by atoms with Crippen molar-refractivity contribution in [2.45, 2.75) is 0 Å². The maximum atomic E-state index is 12.6. The van der Waals surface area contributed by atoms with Crippen LogP contribution in [0, 0.1) is 0 Å². The number of nitrogens with zero attached hydrogens (tertiary/aromatic N) is 4. The lowest BCUT2D eigenvalue weighted by Crippen LogP contribution is -2.49. The summed E-state index contributed by atoms with van der Waals surface area (Å²) in [6.07, 6.45) is 0. The van der Waals surface area contributed by atoms with Gasteiger partial charge in [-0.25, -0.2) is 0 Å². The number of ether oxygens (including phenoxy) is 2. The number of hydrogen-bond donors (Lipinski definition) is 0. The molecule has 0 radical (unpaired) electrons. The number of benzene rings is 1. The van der Waals surface area contributed by atoms with Crippen molar-refractivity contribution in [3.8, 4) is 5.88 Å². The van der Waals surface area contributed by atoms with Crippen molar-refractivity contribution in [1.29, 1.82) is 0 Å². The van der Waals surface area contributed by atoms with Gasteiger partial charge in [0.15, 0.2) is 5.82 Å². The normalized spacial score (nSPS) is 14.4. The van der Waals surface area contributed by atoms with Gasteiger partial charge in [-0.05, 0) is 18.2 Å². The molecule has 1 amide bonds. The molecule has 1 aliphatic heterocycles. The zero-order valence-electron chi connectivity index (χ0n) is 14.6. The second-order valence-corrected chi connectivity index (χ2v) is 6.24. The van der Waals surface area contributed by atoms with Gasteiger partial charge in [-0.1, -0.05) is 23.7 Å². The quantitative estimate of drug-likeness (QED) is 0.719. The number of carbonyl (C=O) groups is 1. The Morgan fingerprint density at radius 2 is 1.85 bits per heavy atom. The first-order valence-electron chi connectivity index (χ1n) is 8.43. The third-order valence-electron chi connectivity index (χ3n) is 4.16. The van der Waals surface area contributed by atoms with Gasteiger partial charge in [0.2, 0.25) is 5.88 Å². The largest absolute Gasteiger partial charge is 0.474 e. The molecule has 0 saturated carbocycles. The minimum absolute atomic E-state index is 0.0387. The van der Waals surface area contributed by atoms with E-state index in [9.17, 15) is 4.79 Å². The zero-order valence-corrected chi connectivity index (χ0v) is 15.4. The van der Waals surface area contributed by atoms with Gasteiger partial charge in [0.1, 0.15) is 6.61 Å². The number of methoxy groups -OCH3 is 1. The van der Waals surface area contributed by atoms with E-state index >= 15 is 0 Å². The summed E-state index contributed by atoms with van der Waals surface area (Å²) in [6, 6.07) is 10.8. The molecule has 0 aliphatic carbocycles. The van der Waals surface area contributed by atoms with Crippen LogP contribution in [0.3, 0.4) is 0 Å². The van der Waals surface area contributed by atoms with E-state index in [1.807, 2.05) is 23.1 Å². The van der Waals surface area contributed by atoms with Gasteiger partial charge in [0.25, 0.3) is 5.91 Å². The molecule has 3 rings (SSSR count). The number of hydrogen-bond acceptors (Lipinski definition) is 6. The second-order valence-electron chi connectivity index (χ2n) is 5.83. The molecule has 1 aromatic heterocycles. The molecule has 2 heterocycles. The first-order valence-corrected chi connectivity index (χ1v) is 8.81. The lowest BCUT2D eigenvalue weighted by atomic mass is 10.2. The van der Waals surface area contributed by atoms with Crippen molar-refractivity contribution < 1.29 is 14.3 Å². The van der Waals surface area contributed by atoms with Gasteiger partial charge in [0.05, 0.1) is 17.2 Å². The Morgan fingerprint density at radius 3 is 2.50 bits per heavy atom. The molecule has 0 atom stereocenters. The lowest BCUT2D eigenvalue weighted by Gasteiger charge is -2.35. The van der Waals surface area contributed by atoms with Crippen LogP contribution in [-0.4, -0.2) is 67.5 Å².